The van der Waals surface area contributed by atoms with Gasteiger partial charge in [0.05, 0.1) is 13.0 Å². The van der Waals surface area contributed by atoms with Gasteiger partial charge in [0.15, 0.2) is 0 Å². The zero-order valence-corrected chi connectivity index (χ0v) is 11.7. The highest BCUT2D eigenvalue weighted by atomic mass is 32.1. The molecule has 2 heterocycles. The Hall–Kier alpha value is -1.81. The number of nitrogens with zero attached hydrogens (tertiary/aromatic N) is 1. The van der Waals surface area contributed by atoms with Crippen LogP contribution >= 0.6 is 11.3 Å². The summed E-state index contributed by atoms with van der Waals surface area (Å²) in [6, 6.07) is 9.97. The molecular weight excluding hydrogens is 256 g/mol. The molecule has 0 atom stereocenters. The Bertz CT molecular complexity index is 633. The van der Waals surface area contributed by atoms with Crippen LogP contribution in [0.5, 0.6) is 0 Å². The predicted molar refractivity (Wildman–Crippen MR) is 79.4 cm³/mol. The number of fused-ring (bicyclic) bond motifs is 1. The molecule has 1 aromatic carbocycles. The molecule has 0 aliphatic carbocycles. The number of amides is 1. The average Bonchev–Trinajstić information content (AvgIpc) is 2.95. The van der Waals surface area contributed by atoms with Crippen molar-refractivity contribution < 1.29 is 4.79 Å². The molecule has 1 amide bonds. The van der Waals surface area contributed by atoms with E-state index in [1.54, 1.807) is 11.3 Å². The summed E-state index contributed by atoms with van der Waals surface area (Å²) in [7, 11) is 0. The molecule has 0 saturated carbocycles. The molecule has 0 spiro atoms. The minimum atomic E-state index is 0.159. The van der Waals surface area contributed by atoms with E-state index in [1.165, 1.54) is 9.75 Å². The van der Waals surface area contributed by atoms with Gasteiger partial charge < -0.3 is 10.6 Å². The lowest BCUT2D eigenvalue weighted by atomic mass is 10.1. The molecule has 3 nitrogen and oxygen atoms in total. The molecular formula is C15H16N2OS. The van der Waals surface area contributed by atoms with E-state index in [2.05, 4.69) is 19.1 Å². The summed E-state index contributed by atoms with van der Waals surface area (Å²) in [5.41, 5.74) is 8.53. The summed E-state index contributed by atoms with van der Waals surface area (Å²) in [5, 5.41) is 0. The number of hydrogen-bond acceptors (Lipinski definition) is 3. The van der Waals surface area contributed by atoms with Gasteiger partial charge in [-0.25, -0.2) is 0 Å². The fourth-order valence-corrected chi connectivity index (χ4v) is 3.38. The molecule has 2 N–H and O–H groups in total. The normalized spacial score (nSPS) is 13.9. The van der Waals surface area contributed by atoms with Gasteiger partial charge in [0.1, 0.15) is 0 Å². The van der Waals surface area contributed by atoms with E-state index in [0.717, 1.165) is 23.4 Å². The van der Waals surface area contributed by atoms with Crippen molar-refractivity contribution in [2.45, 2.75) is 26.3 Å². The Morgan fingerprint density at radius 2 is 2.05 bits per heavy atom. The first-order valence-corrected chi connectivity index (χ1v) is 7.25. The Morgan fingerprint density at radius 3 is 2.79 bits per heavy atom. The fourth-order valence-electron chi connectivity index (χ4n) is 2.43. The number of hydrogen-bond donors (Lipinski definition) is 1. The monoisotopic (exact) mass is 272 g/mol. The van der Waals surface area contributed by atoms with Crippen LogP contribution in [0.2, 0.25) is 0 Å². The van der Waals surface area contributed by atoms with Crippen LogP contribution in [0, 0.1) is 0 Å². The standard InChI is InChI=1S/C15H16N2OS/c1-2-12-4-5-13(19-12)9-17-14-6-3-11(16)7-10(14)8-15(17)18/h3-7H,2,8-9,16H2,1H3. The van der Waals surface area contributed by atoms with Crippen molar-refractivity contribution in [3.63, 3.8) is 0 Å². The van der Waals surface area contributed by atoms with Crippen LogP contribution in [-0.4, -0.2) is 5.91 Å². The van der Waals surface area contributed by atoms with Crippen molar-refractivity contribution in [1.82, 2.24) is 0 Å². The van der Waals surface area contributed by atoms with Crippen LogP contribution in [-0.2, 0) is 24.2 Å². The second kappa shape index (κ2) is 4.70. The molecule has 0 saturated heterocycles. The minimum Gasteiger partial charge on any atom is -0.399 e. The van der Waals surface area contributed by atoms with E-state index in [4.69, 9.17) is 5.73 Å². The second-order valence-corrected chi connectivity index (χ2v) is 6.02. The summed E-state index contributed by atoms with van der Waals surface area (Å²) in [6.07, 6.45) is 1.51. The summed E-state index contributed by atoms with van der Waals surface area (Å²) in [5.74, 6) is 0.159. The van der Waals surface area contributed by atoms with E-state index in [1.807, 2.05) is 23.1 Å². The molecule has 1 aliphatic rings. The molecule has 19 heavy (non-hydrogen) atoms. The highest BCUT2D eigenvalue weighted by molar-refractivity contribution is 7.12. The Kier molecular flexibility index (Phi) is 3.03. The van der Waals surface area contributed by atoms with Crippen molar-refractivity contribution >= 4 is 28.6 Å². The third-order valence-corrected chi connectivity index (χ3v) is 4.63. The van der Waals surface area contributed by atoms with Gasteiger partial charge >= 0.3 is 0 Å². The van der Waals surface area contributed by atoms with Gasteiger partial charge in [-0.1, -0.05) is 6.92 Å². The van der Waals surface area contributed by atoms with E-state index < -0.39 is 0 Å². The summed E-state index contributed by atoms with van der Waals surface area (Å²) >= 11 is 1.78. The van der Waals surface area contributed by atoms with Crippen LogP contribution in [0.25, 0.3) is 0 Å². The van der Waals surface area contributed by atoms with Gasteiger partial charge in [0.2, 0.25) is 5.91 Å². The number of thiophene rings is 1. The minimum absolute atomic E-state index is 0.159. The highest BCUT2D eigenvalue weighted by Crippen LogP contribution is 2.32. The van der Waals surface area contributed by atoms with Crippen LogP contribution in [0.4, 0.5) is 11.4 Å². The number of aryl methyl sites for hydroxylation is 1. The summed E-state index contributed by atoms with van der Waals surface area (Å²) < 4.78 is 0. The lowest BCUT2D eigenvalue weighted by molar-refractivity contribution is -0.117. The number of carbonyl (C=O) groups excluding carboxylic acids is 1. The summed E-state index contributed by atoms with van der Waals surface area (Å²) in [4.78, 5) is 16.6. The summed E-state index contributed by atoms with van der Waals surface area (Å²) in [6.45, 7) is 2.81. The van der Waals surface area contributed by atoms with Gasteiger partial charge in [-0.05, 0) is 42.3 Å². The lowest BCUT2D eigenvalue weighted by Gasteiger charge is -2.16. The maximum Gasteiger partial charge on any atom is 0.231 e. The zero-order chi connectivity index (χ0) is 13.4. The third kappa shape index (κ3) is 2.24. The largest absolute Gasteiger partial charge is 0.399 e. The molecule has 2 aromatic rings. The molecule has 0 bridgehead atoms. The molecule has 1 aliphatic heterocycles. The lowest BCUT2D eigenvalue weighted by Crippen LogP contribution is -2.25. The molecule has 0 unspecified atom stereocenters. The number of benzene rings is 1. The molecule has 1 aromatic heterocycles. The first kappa shape index (κ1) is 12.2. The maximum atomic E-state index is 12.1. The Balaban J connectivity index is 1.87. The quantitative estimate of drug-likeness (QED) is 0.873. The van der Waals surface area contributed by atoms with Gasteiger partial charge in [0, 0.05) is 21.1 Å². The first-order chi connectivity index (χ1) is 9.17. The maximum absolute atomic E-state index is 12.1. The van der Waals surface area contributed by atoms with E-state index in [-0.39, 0.29) is 5.91 Å². The van der Waals surface area contributed by atoms with Crippen molar-refractivity contribution in [1.29, 1.82) is 0 Å². The van der Waals surface area contributed by atoms with Crippen molar-refractivity contribution in [3.8, 4) is 0 Å². The van der Waals surface area contributed by atoms with Crippen LogP contribution in [0.15, 0.2) is 30.3 Å². The SMILES string of the molecule is CCc1ccc(CN2C(=O)Cc3cc(N)ccc32)s1. The van der Waals surface area contributed by atoms with E-state index >= 15 is 0 Å². The molecule has 3 rings (SSSR count). The topological polar surface area (TPSA) is 46.3 Å². The van der Waals surface area contributed by atoms with Crippen LogP contribution < -0.4 is 10.6 Å². The molecule has 0 radical (unpaired) electrons. The Labute approximate surface area is 116 Å². The smallest absolute Gasteiger partial charge is 0.231 e. The second-order valence-electron chi connectivity index (χ2n) is 4.77. The zero-order valence-electron chi connectivity index (χ0n) is 10.8. The van der Waals surface area contributed by atoms with Gasteiger partial charge in [-0.3, -0.25) is 4.79 Å². The van der Waals surface area contributed by atoms with Gasteiger partial charge in [-0.2, -0.15) is 0 Å². The number of anilines is 2. The fraction of sp³-hybridized carbons (Fsp3) is 0.267. The van der Waals surface area contributed by atoms with Crippen molar-refractivity contribution in [2.75, 3.05) is 10.6 Å². The molecule has 98 valence electrons. The Morgan fingerprint density at radius 1 is 1.26 bits per heavy atom. The molecule has 4 heteroatoms. The molecule has 0 fully saturated rings. The number of carbonyl (C=O) groups is 1. The third-order valence-electron chi connectivity index (χ3n) is 3.42. The highest BCUT2D eigenvalue weighted by Gasteiger charge is 2.27. The van der Waals surface area contributed by atoms with Crippen molar-refractivity contribution in [2.24, 2.45) is 0 Å². The number of nitrogens with two attached hydrogens (primary N) is 1. The predicted octanol–water partition coefficient (Wildman–Crippen LogP) is 2.98. The van der Waals surface area contributed by atoms with E-state index in [0.29, 0.717) is 13.0 Å². The van der Waals surface area contributed by atoms with E-state index in [9.17, 15) is 4.79 Å². The van der Waals surface area contributed by atoms with Gasteiger partial charge in [0.25, 0.3) is 0 Å². The number of nitrogen functional groups attached to an aromatic ring is 1. The van der Waals surface area contributed by atoms with Crippen LogP contribution in [0.3, 0.4) is 0 Å². The van der Waals surface area contributed by atoms with Crippen LogP contribution in [0.1, 0.15) is 22.2 Å². The van der Waals surface area contributed by atoms with Crippen molar-refractivity contribution in [3.05, 3.63) is 45.6 Å². The number of rotatable bonds is 3. The average molecular weight is 272 g/mol. The first-order valence-electron chi connectivity index (χ1n) is 6.43. The van der Waals surface area contributed by atoms with Gasteiger partial charge in [-0.15, -0.1) is 11.3 Å².